The van der Waals surface area contributed by atoms with Crippen LogP contribution in [0.3, 0.4) is 0 Å². The first-order chi connectivity index (χ1) is 7.16. The van der Waals surface area contributed by atoms with Crippen LogP contribution in [0, 0.1) is 19.8 Å². The molecule has 1 aliphatic carbocycles. The number of anilines is 1. The van der Waals surface area contributed by atoms with E-state index in [2.05, 4.69) is 47.2 Å². The van der Waals surface area contributed by atoms with E-state index in [0.717, 1.165) is 12.5 Å². The van der Waals surface area contributed by atoms with Crippen molar-refractivity contribution in [1.29, 1.82) is 0 Å². The van der Waals surface area contributed by atoms with Crippen molar-refractivity contribution < 1.29 is 0 Å². The van der Waals surface area contributed by atoms with Crippen molar-refractivity contribution in [2.24, 2.45) is 5.92 Å². The van der Waals surface area contributed by atoms with Crippen molar-refractivity contribution in [3.63, 3.8) is 0 Å². The first-order valence-electron chi connectivity index (χ1n) is 5.67. The van der Waals surface area contributed by atoms with Gasteiger partial charge in [-0.15, -0.1) is 0 Å². The highest BCUT2D eigenvalue weighted by atomic mass is 79.9. The molecule has 1 aromatic carbocycles. The molecule has 0 aromatic heterocycles. The summed E-state index contributed by atoms with van der Waals surface area (Å²) in [4.78, 5) is 0. The van der Waals surface area contributed by atoms with E-state index in [-0.39, 0.29) is 0 Å². The second-order valence-corrected chi connectivity index (χ2v) is 5.45. The van der Waals surface area contributed by atoms with Crippen LogP contribution in [-0.4, -0.2) is 6.54 Å². The fourth-order valence-electron chi connectivity index (χ4n) is 1.97. The molecule has 0 saturated heterocycles. The van der Waals surface area contributed by atoms with Crippen LogP contribution >= 0.6 is 15.9 Å². The van der Waals surface area contributed by atoms with Gasteiger partial charge in [0.1, 0.15) is 0 Å². The summed E-state index contributed by atoms with van der Waals surface area (Å²) in [5.41, 5.74) is 3.93. The van der Waals surface area contributed by atoms with Crippen molar-refractivity contribution in [2.45, 2.75) is 33.1 Å². The minimum Gasteiger partial charge on any atom is -0.385 e. The molecule has 0 aliphatic heterocycles. The number of benzene rings is 1. The summed E-state index contributed by atoms with van der Waals surface area (Å²) in [7, 11) is 0. The molecule has 1 saturated carbocycles. The zero-order chi connectivity index (χ0) is 10.8. The van der Waals surface area contributed by atoms with Crippen molar-refractivity contribution >= 4 is 21.6 Å². The van der Waals surface area contributed by atoms with Gasteiger partial charge in [0.15, 0.2) is 0 Å². The molecule has 1 aromatic rings. The highest BCUT2D eigenvalue weighted by Gasteiger charge is 2.17. The Morgan fingerprint density at radius 1 is 1.27 bits per heavy atom. The van der Waals surface area contributed by atoms with Gasteiger partial charge in [0, 0.05) is 16.7 Å². The van der Waals surface area contributed by atoms with Crippen molar-refractivity contribution in [2.75, 3.05) is 11.9 Å². The molecular formula is C13H18BrN. The van der Waals surface area contributed by atoms with E-state index in [1.54, 1.807) is 0 Å². The Bertz CT molecular complexity index is 356. The Morgan fingerprint density at radius 3 is 2.60 bits per heavy atom. The molecule has 0 spiro atoms. The fourth-order valence-corrected chi connectivity index (χ4v) is 2.31. The van der Waals surface area contributed by atoms with Crippen LogP contribution < -0.4 is 5.32 Å². The molecule has 0 heterocycles. The molecule has 0 bridgehead atoms. The van der Waals surface area contributed by atoms with Gasteiger partial charge in [0.2, 0.25) is 0 Å². The summed E-state index contributed by atoms with van der Waals surface area (Å²) < 4.78 is 1.20. The molecule has 82 valence electrons. The van der Waals surface area contributed by atoms with E-state index in [1.807, 2.05) is 0 Å². The maximum absolute atomic E-state index is 3.58. The minimum atomic E-state index is 0.907. The third-order valence-corrected chi connectivity index (χ3v) is 4.17. The van der Waals surface area contributed by atoms with Crippen molar-refractivity contribution in [1.82, 2.24) is 0 Å². The predicted molar refractivity (Wildman–Crippen MR) is 69.4 cm³/mol. The number of aryl methyl sites for hydroxylation is 2. The van der Waals surface area contributed by atoms with Crippen LogP contribution in [0.4, 0.5) is 5.69 Å². The Hall–Kier alpha value is -0.500. The first kappa shape index (κ1) is 11.0. The van der Waals surface area contributed by atoms with Gasteiger partial charge in [-0.3, -0.25) is 0 Å². The van der Waals surface area contributed by atoms with E-state index in [9.17, 15) is 0 Å². The van der Waals surface area contributed by atoms with Crippen LogP contribution in [0.1, 0.15) is 30.4 Å². The lowest BCUT2D eigenvalue weighted by molar-refractivity contribution is 0.333. The minimum absolute atomic E-state index is 0.907. The zero-order valence-electron chi connectivity index (χ0n) is 9.44. The average Bonchev–Trinajstić information content (AvgIpc) is 2.11. The fraction of sp³-hybridized carbons (Fsp3) is 0.538. The second kappa shape index (κ2) is 4.56. The molecule has 2 heteroatoms. The quantitative estimate of drug-likeness (QED) is 0.862. The first-order valence-corrected chi connectivity index (χ1v) is 6.46. The third kappa shape index (κ3) is 2.54. The summed E-state index contributed by atoms with van der Waals surface area (Å²) in [6.07, 6.45) is 4.22. The smallest absolute Gasteiger partial charge is 0.0381 e. The lowest BCUT2D eigenvalue weighted by Crippen LogP contribution is -2.21. The van der Waals surface area contributed by atoms with Crippen LogP contribution in [0.15, 0.2) is 16.6 Å². The highest BCUT2D eigenvalue weighted by Crippen LogP contribution is 2.29. The standard InChI is InChI=1S/C13H18BrN/c1-9-6-10(2)13(7-12(9)14)15-8-11-4-3-5-11/h6-7,11,15H,3-5,8H2,1-2H3. The van der Waals surface area contributed by atoms with Gasteiger partial charge in [-0.2, -0.15) is 0 Å². The number of rotatable bonds is 3. The number of nitrogens with one attached hydrogen (secondary N) is 1. The van der Waals surface area contributed by atoms with E-state index < -0.39 is 0 Å². The molecule has 0 atom stereocenters. The Morgan fingerprint density at radius 2 is 2.00 bits per heavy atom. The van der Waals surface area contributed by atoms with Gasteiger partial charge in [-0.1, -0.05) is 28.4 Å². The predicted octanol–water partition coefficient (Wildman–Crippen LogP) is 4.28. The van der Waals surface area contributed by atoms with E-state index >= 15 is 0 Å². The molecule has 1 N–H and O–H groups in total. The molecule has 0 amide bonds. The third-order valence-electron chi connectivity index (χ3n) is 3.31. The van der Waals surface area contributed by atoms with Gasteiger partial charge in [-0.05, 0) is 49.8 Å². The van der Waals surface area contributed by atoms with Gasteiger partial charge in [0.25, 0.3) is 0 Å². The average molecular weight is 268 g/mol. The van der Waals surface area contributed by atoms with Crippen molar-refractivity contribution in [3.8, 4) is 0 Å². The van der Waals surface area contributed by atoms with Crippen LogP contribution in [0.2, 0.25) is 0 Å². The monoisotopic (exact) mass is 267 g/mol. The molecule has 1 fully saturated rings. The summed E-state index contributed by atoms with van der Waals surface area (Å²) in [5.74, 6) is 0.907. The van der Waals surface area contributed by atoms with E-state index in [0.29, 0.717) is 0 Å². The Balaban J connectivity index is 2.03. The highest BCUT2D eigenvalue weighted by molar-refractivity contribution is 9.10. The molecule has 1 aliphatic rings. The van der Waals surface area contributed by atoms with Gasteiger partial charge in [0.05, 0.1) is 0 Å². The lowest BCUT2D eigenvalue weighted by atomic mass is 9.85. The maximum atomic E-state index is 3.58. The summed E-state index contributed by atoms with van der Waals surface area (Å²) in [6.45, 7) is 5.44. The van der Waals surface area contributed by atoms with Crippen LogP contribution in [-0.2, 0) is 0 Å². The number of halogens is 1. The second-order valence-electron chi connectivity index (χ2n) is 4.59. The van der Waals surface area contributed by atoms with E-state index in [4.69, 9.17) is 0 Å². The molecule has 0 radical (unpaired) electrons. The summed E-state index contributed by atoms with van der Waals surface area (Å²) >= 11 is 3.58. The largest absolute Gasteiger partial charge is 0.385 e. The number of hydrogen-bond donors (Lipinski definition) is 1. The maximum Gasteiger partial charge on any atom is 0.0381 e. The van der Waals surface area contributed by atoms with Crippen molar-refractivity contribution in [3.05, 3.63) is 27.7 Å². The number of hydrogen-bond acceptors (Lipinski definition) is 1. The molecule has 2 rings (SSSR count). The zero-order valence-corrected chi connectivity index (χ0v) is 11.0. The van der Waals surface area contributed by atoms with Gasteiger partial charge < -0.3 is 5.32 Å². The topological polar surface area (TPSA) is 12.0 Å². The Kier molecular flexibility index (Phi) is 3.35. The van der Waals surface area contributed by atoms with Gasteiger partial charge in [-0.25, -0.2) is 0 Å². The summed E-state index contributed by atoms with van der Waals surface area (Å²) in [5, 5.41) is 3.55. The summed E-state index contributed by atoms with van der Waals surface area (Å²) in [6, 6.07) is 4.43. The van der Waals surface area contributed by atoms with Crippen LogP contribution in [0.25, 0.3) is 0 Å². The molecular weight excluding hydrogens is 250 g/mol. The molecule has 15 heavy (non-hydrogen) atoms. The normalized spacial score (nSPS) is 16.2. The lowest BCUT2D eigenvalue weighted by Gasteiger charge is -2.26. The Labute approximate surface area is 100 Å². The van der Waals surface area contributed by atoms with Gasteiger partial charge >= 0.3 is 0 Å². The molecule has 1 nitrogen and oxygen atoms in total. The molecule has 0 unspecified atom stereocenters. The van der Waals surface area contributed by atoms with E-state index in [1.165, 1.54) is 40.5 Å². The SMILES string of the molecule is Cc1cc(C)c(NCC2CCC2)cc1Br. The van der Waals surface area contributed by atoms with Crippen LogP contribution in [0.5, 0.6) is 0 Å².